The van der Waals surface area contributed by atoms with E-state index in [-0.39, 0.29) is 6.04 Å². The summed E-state index contributed by atoms with van der Waals surface area (Å²) < 4.78 is 5.54. The topological polar surface area (TPSA) is 51.0 Å². The first-order valence-electron chi connectivity index (χ1n) is 7.63. The van der Waals surface area contributed by atoms with Crippen LogP contribution in [0.2, 0.25) is 0 Å². The highest BCUT2D eigenvalue weighted by atomic mass is 16.5. The Morgan fingerprint density at radius 2 is 2.00 bits per heavy atom. The minimum absolute atomic E-state index is 0.111. The van der Waals surface area contributed by atoms with E-state index in [9.17, 15) is 0 Å². The molecule has 1 aliphatic carbocycles. The van der Waals surface area contributed by atoms with Crippen molar-refractivity contribution in [3.8, 4) is 5.75 Å². The van der Waals surface area contributed by atoms with Crippen LogP contribution in [0.5, 0.6) is 5.75 Å². The minimum Gasteiger partial charge on any atom is -0.496 e. The van der Waals surface area contributed by atoms with Crippen LogP contribution in [0.25, 0.3) is 10.9 Å². The molecule has 1 unspecified atom stereocenters. The number of hydrogen-bond donors (Lipinski definition) is 2. The second-order valence-electron chi connectivity index (χ2n) is 5.97. The molecule has 0 bridgehead atoms. The molecule has 1 aromatic heterocycles. The summed E-state index contributed by atoms with van der Waals surface area (Å²) in [4.78, 5) is 3.46. The van der Waals surface area contributed by atoms with Crippen LogP contribution in [0.1, 0.15) is 49.4 Å². The third kappa shape index (κ3) is 2.20. The van der Waals surface area contributed by atoms with Gasteiger partial charge in [-0.2, -0.15) is 0 Å². The summed E-state index contributed by atoms with van der Waals surface area (Å²) in [6.45, 7) is 2.12. The monoisotopic (exact) mass is 272 g/mol. The highest BCUT2D eigenvalue weighted by molar-refractivity contribution is 5.91. The summed E-state index contributed by atoms with van der Waals surface area (Å²) in [6, 6.07) is 6.25. The average molecular weight is 272 g/mol. The van der Waals surface area contributed by atoms with Gasteiger partial charge in [-0.15, -0.1) is 0 Å². The van der Waals surface area contributed by atoms with Gasteiger partial charge in [0.25, 0.3) is 0 Å². The van der Waals surface area contributed by atoms with Gasteiger partial charge in [-0.1, -0.05) is 25.3 Å². The highest BCUT2D eigenvalue weighted by Crippen LogP contribution is 2.40. The van der Waals surface area contributed by atoms with Gasteiger partial charge < -0.3 is 15.5 Å². The lowest BCUT2D eigenvalue weighted by Crippen LogP contribution is -2.24. The molecular formula is C17H24N2O. The number of benzene rings is 1. The van der Waals surface area contributed by atoms with Crippen molar-refractivity contribution < 1.29 is 4.74 Å². The van der Waals surface area contributed by atoms with Crippen LogP contribution in [0.15, 0.2) is 18.2 Å². The van der Waals surface area contributed by atoms with Crippen LogP contribution < -0.4 is 10.5 Å². The molecular weight excluding hydrogens is 248 g/mol. The number of methoxy groups -OCH3 is 1. The molecule has 2 aromatic rings. The molecule has 20 heavy (non-hydrogen) atoms. The summed E-state index contributed by atoms with van der Waals surface area (Å²) in [7, 11) is 1.73. The van der Waals surface area contributed by atoms with Gasteiger partial charge in [-0.05, 0) is 37.8 Å². The first-order chi connectivity index (χ1) is 9.72. The van der Waals surface area contributed by atoms with E-state index in [1.165, 1.54) is 48.7 Å². The summed E-state index contributed by atoms with van der Waals surface area (Å²) in [5, 5.41) is 1.17. The van der Waals surface area contributed by atoms with Gasteiger partial charge >= 0.3 is 0 Å². The summed E-state index contributed by atoms with van der Waals surface area (Å²) in [6.07, 6.45) is 6.50. The molecule has 0 aliphatic heterocycles. The SMILES string of the molecule is COc1cccc2[nH]c(C)c(C(N)C3CCCCC3)c12. The zero-order valence-corrected chi connectivity index (χ0v) is 12.4. The summed E-state index contributed by atoms with van der Waals surface area (Å²) in [5.74, 6) is 1.53. The fourth-order valence-corrected chi connectivity index (χ4v) is 3.69. The molecule has 0 radical (unpaired) electrons. The van der Waals surface area contributed by atoms with Crippen molar-refractivity contribution in [2.45, 2.75) is 45.1 Å². The third-order valence-electron chi connectivity index (χ3n) is 4.73. The van der Waals surface area contributed by atoms with Crippen LogP contribution in [-0.2, 0) is 0 Å². The van der Waals surface area contributed by atoms with Crippen molar-refractivity contribution in [3.63, 3.8) is 0 Å². The van der Waals surface area contributed by atoms with Gasteiger partial charge in [-0.25, -0.2) is 0 Å². The summed E-state index contributed by atoms with van der Waals surface area (Å²) >= 11 is 0. The first kappa shape index (κ1) is 13.5. The van der Waals surface area contributed by atoms with E-state index in [0.717, 1.165) is 11.3 Å². The zero-order chi connectivity index (χ0) is 14.1. The minimum atomic E-state index is 0.111. The number of aryl methyl sites for hydroxylation is 1. The normalized spacial score (nSPS) is 18.4. The maximum absolute atomic E-state index is 6.63. The van der Waals surface area contributed by atoms with Gasteiger partial charge in [0.15, 0.2) is 0 Å². The smallest absolute Gasteiger partial charge is 0.128 e. The Labute approximate surface area is 120 Å². The van der Waals surface area contributed by atoms with E-state index in [4.69, 9.17) is 10.5 Å². The van der Waals surface area contributed by atoms with Crippen LogP contribution in [0.3, 0.4) is 0 Å². The first-order valence-corrected chi connectivity index (χ1v) is 7.63. The molecule has 1 saturated carbocycles. The third-order valence-corrected chi connectivity index (χ3v) is 4.73. The Kier molecular flexibility index (Phi) is 3.70. The molecule has 1 atom stereocenters. The molecule has 3 rings (SSSR count). The largest absolute Gasteiger partial charge is 0.496 e. The Hall–Kier alpha value is -1.48. The maximum atomic E-state index is 6.63. The quantitative estimate of drug-likeness (QED) is 0.885. The average Bonchev–Trinajstić information content (AvgIpc) is 2.83. The fourth-order valence-electron chi connectivity index (χ4n) is 3.69. The van der Waals surface area contributed by atoms with Crippen LogP contribution in [0.4, 0.5) is 0 Å². The number of nitrogens with one attached hydrogen (secondary N) is 1. The number of hydrogen-bond acceptors (Lipinski definition) is 2. The predicted octanol–water partition coefficient (Wildman–Crippen LogP) is 4.07. The van der Waals surface area contributed by atoms with E-state index in [1.807, 2.05) is 12.1 Å². The van der Waals surface area contributed by atoms with Gasteiger partial charge in [0, 0.05) is 28.2 Å². The Bertz CT molecular complexity index is 596. The lowest BCUT2D eigenvalue weighted by molar-refractivity contribution is 0.308. The molecule has 1 aliphatic rings. The molecule has 0 amide bonds. The molecule has 0 spiro atoms. The number of ether oxygens (including phenoxy) is 1. The molecule has 1 aromatic carbocycles. The zero-order valence-electron chi connectivity index (χ0n) is 12.4. The second kappa shape index (κ2) is 5.49. The van der Waals surface area contributed by atoms with Gasteiger partial charge in [-0.3, -0.25) is 0 Å². The molecule has 1 fully saturated rings. The Balaban J connectivity index is 2.07. The maximum Gasteiger partial charge on any atom is 0.128 e. The molecule has 3 heteroatoms. The van der Waals surface area contributed by atoms with Crippen molar-refractivity contribution in [2.24, 2.45) is 11.7 Å². The van der Waals surface area contributed by atoms with Crippen LogP contribution in [0, 0.1) is 12.8 Å². The second-order valence-corrected chi connectivity index (χ2v) is 5.97. The van der Waals surface area contributed by atoms with Crippen molar-refractivity contribution in [1.82, 2.24) is 4.98 Å². The van der Waals surface area contributed by atoms with Gasteiger partial charge in [0.2, 0.25) is 0 Å². The van der Waals surface area contributed by atoms with Crippen molar-refractivity contribution in [1.29, 1.82) is 0 Å². The van der Waals surface area contributed by atoms with Crippen molar-refractivity contribution >= 4 is 10.9 Å². The number of nitrogens with two attached hydrogens (primary N) is 1. The van der Waals surface area contributed by atoms with E-state index >= 15 is 0 Å². The summed E-state index contributed by atoms with van der Waals surface area (Å²) in [5.41, 5.74) is 10.2. The number of H-pyrrole nitrogens is 1. The highest BCUT2D eigenvalue weighted by Gasteiger charge is 2.26. The lowest BCUT2D eigenvalue weighted by Gasteiger charge is -2.28. The van der Waals surface area contributed by atoms with E-state index in [0.29, 0.717) is 5.92 Å². The molecule has 108 valence electrons. The van der Waals surface area contributed by atoms with Crippen LogP contribution >= 0.6 is 0 Å². The van der Waals surface area contributed by atoms with Crippen LogP contribution in [-0.4, -0.2) is 12.1 Å². The van der Waals surface area contributed by atoms with E-state index < -0.39 is 0 Å². The van der Waals surface area contributed by atoms with E-state index in [2.05, 4.69) is 18.0 Å². The van der Waals surface area contributed by atoms with Gasteiger partial charge in [0.05, 0.1) is 7.11 Å². The standard InChI is InChI=1S/C17H24N2O/c1-11-15(17(18)12-7-4-3-5-8-12)16-13(19-11)9-6-10-14(16)20-2/h6,9-10,12,17,19H,3-5,7-8,18H2,1-2H3. The number of fused-ring (bicyclic) bond motifs is 1. The Morgan fingerprint density at radius 3 is 2.70 bits per heavy atom. The molecule has 1 heterocycles. The molecule has 0 saturated heterocycles. The molecule has 3 N–H and O–H groups in total. The Morgan fingerprint density at radius 1 is 1.25 bits per heavy atom. The lowest BCUT2D eigenvalue weighted by atomic mass is 9.81. The number of rotatable bonds is 3. The fraction of sp³-hybridized carbons (Fsp3) is 0.529. The van der Waals surface area contributed by atoms with E-state index in [1.54, 1.807) is 7.11 Å². The number of aromatic amines is 1. The predicted molar refractivity (Wildman–Crippen MR) is 83.1 cm³/mol. The van der Waals surface area contributed by atoms with Crippen molar-refractivity contribution in [2.75, 3.05) is 7.11 Å². The van der Waals surface area contributed by atoms with Gasteiger partial charge in [0.1, 0.15) is 5.75 Å². The molecule has 3 nitrogen and oxygen atoms in total. The number of aromatic nitrogens is 1. The van der Waals surface area contributed by atoms with Crippen molar-refractivity contribution in [3.05, 3.63) is 29.5 Å².